The van der Waals surface area contributed by atoms with Crippen LogP contribution in [0.1, 0.15) is 18.4 Å². The van der Waals surface area contributed by atoms with E-state index in [2.05, 4.69) is 12.1 Å². The Balaban J connectivity index is 2.03. The standard InChI is InChI=1S/C12H15NO2/c14-12(15)13-8-4-7-11(13)9-10-5-2-1-3-6-10/h1-3,5-6,11H,4,7-9H2,(H,14,15). The van der Waals surface area contributed by atoms with Crippen molar-refractivity contribution in [1.82, 2.24) is 4.90 Å². The summed E-state index contributed by atoms with van der Waals surface area (Å²) in [6.45, 7) is 0.687. The van der Waals surface area contributed by atoms with Gasteiger partial charge in [0.15, 0.2) is 0 Å². The first kappa shape index (κ1) is 10.0. The normalized spacial score (nSPS) is 20.5. The summed E-state index contributed by atoms with van der Waals surface area (Å²) >= 11 is 0. The van der Waals surface area contributed by atoms with Crippen molar-refractivity contribution in [3.63, 3.8) is 0 Å². The van der Waals surface area contributed by atoms with Gasteiger partial charge in [0.2, 0.25) is 0 Å². The van der Waals surface area contributed by atoms with Gasteiger partial charge in [0, 0.05) is 12.6 Å². The molecule has 1 atom stereocenters. The monoisotopic (exact) mass is 205 g/mol. The summed E-state index contributed by atoms with van der Waals surface area (Å²) in [5.74, 6) is 0. The van der Waals surface area contributed by atoms with Crippen LogP contribution in [0.5, 0.6) is 0 Å². The maximum absolute atomic E-state index is 10.9. The molecule has 1 aliphatic heterocycles. The fraction of sp³-hybridized carbons (Fsp3) is 0.417. The predicted octanol–water partition coefficient (Wildman–Crippen LogP) is 2.37. The number of hydrogen-bond donors (Lipinski definition) is 1. The topological polar surface area (TPSA) is 40.5 Å². The molecular formula is C12H15NO2. The van der Waals surface area contributed by atoms with Crippen LogP contribution in [0.3, 0.4) is 0 Å². The zero-order chi connectivity index (χ0) is 10.7. The Hall–Kier alpha value is -1.51. The zero-order valence-corrected chi connectivity index (χ0v) is 8.60. The number of nitrogens with zero attached hydrogens (tertiary/aromatic N) is 1. The van der Waals surface area contributed by atoms with Gasteiger partial charge in [-0.2, -0.15) is 0 Å². The van der Waals surface area contributed by atoms with Crippen molar-refractivity contribution in [1.29, 1.82) is 0 Å². The van der Waals surface area contributed by atoms with Gasteiger partial charge in [0.05, 0.1) is 0 Å². The van der Waals surface area contributed by atoms with E-state index in [0.29, 0.717) is 6.54 Å². The number of carboxylic acid groups (broad SMARTS) is 1. The minimum absolute atomic E-state index is 0.171. The zero-order valence-electron chi connectivity index (χ0n) is 8.60. The van der Waals surface area contributed by atoms with Crippen LogP contribution in [-0.4, -0.2) is 28.7 Å². The lowest BCUT2D eigenvalue weighted by atomic mass is 10.0. The fourth-order valence-corrected chi connectivity index (χ4v) is 2.19. The van der Waals surface area contributed by atoms with Crippen molar-refractivity contribution in [3.05, 3.63) is 35.9 Å². The third kappa shape index (κ3) is 2.29. The van der Waals surface area contributed by atoms with Crippen LogP contribution >= 0.6 is 0 Å². The van der Waals surface area contributed by atoms with Gasteiger partial charge in [0.1, 0.15) is 0 Å². The van der Waals surface area contributed by atoms with Crippen LogP contribution < -0.4 is 0 Å². The molecule has 0 radical (unpaired) electrons. The molecule has 1 aromatic rings. The molecule has 80 valence electrons. The van der Waals surface area contributed by atoms with Crippen LogP contribution in [0.2, 0.25) is 0 Å². The summed E-state index contributed by atoms with van der Waals surface area (Å²) in [5, 5.41) is 8.99. The molecule has 0 aromatic heterocycles. The molecule has 3 nitrogen and oxygen atoms in total. The summed E-state index contributed by atoms with van der Waals surface area (Å²) in [4.78, 5) is 12.5. The lowest BCUT2D eigenvalue weighted by Gasteiger charge is -2.21. The minimum atomic E-state index is -0.784. The van der Waals surface area contributed by atoms with E-state index < -0.39 is 6.09 Å². The predicted molar refractivity (Wildman–Crippen MR) is 57.9 cm³/mol. The third-order valence-corrected chi connectivity index (χ3v) is 2.94. The van der Waals surface area contributed by atoms with Crippen LogP contribution in [0, 0.1) is 0 Å². The number of carbonyl (C=O) groups is 1. The number of amides is 1. The molecule has 15 heavy (non-hydrogen) atoms. The largest absolute Gasteiger partial charge is 0.465 e. The van der Waals surface area contributed by atoms with Gasteiger partial charge in [-0.3, -0.25) is 0 Å². The molecule has 0 spiro atoms. The summed E-state index contributed by atoms with van der Waals surface area (Å²) in [6, 6.07) is 10.2. The van der Waals surface area contributed by atoms with E-state index in [1.54, 1.807) is 4.90 Å². The van der Waals surface area contributed by atoms with E-state index >= 15 is 0 Å². The first-order valence-corrected chi connectivity index (χ1v) is 5.31. The second-order valence-electron chi connectivity index (χ2n) is 3.96. The quantitative estimate of drug-likeness (QED) is 0.805. The second kappa shape index (κ2) is 4.34. The average Bonchev–Trinajstić information content (AvgIpc) is 2.67. The Morgan fingerprint density at radius 1 is 1.40 bits per heavy atom. The average molecular weight is 205 g/mol. The molecule has 1 aromatic carbocycles. The van der Waals surface area contributed by atoms with Crippen LogP contribution in [0.4, 0.5) is 4.79 Å². The minimum Gasteiger partial charge on any atom is -0.465 e. The molecule has 3 heteroatoms. The highest BCUT2D eigenvalue weighted by atomic mass is 16.4. The molecule has 1 N–H and O–H groups in total. The summed E-state index contributed by atoms with van der Waals surface area (Å²) in [7, 11) is 0. The molecular weight excluding hydrogens is 190 g/mol. The van der Waals surface area contributed by atoms with Crippen molar-refractivity contribution in [2.45, 2.75) is 25.3 Å². The van der Waals surface area contributed by atoms with Gasteiger partial charge in [0.25, 0.3) is 0 Å². The van der Waals surface area contributed by atoms with E-state index in [4.69, 9.17) is 5.11 Å². The van der Waals surface area contributed by atoms with Crippen molar-refractivity contribution >= 4 is 6.09 Å². The van der Waals surface area contributed by atoms with Gasteiger partial charge >= 0.3 is 6.09 Å². The summed E-state index contributed by atoms with van der Waals surface area (Å²) < 4.78 is 0. The van der Waals surface area contributed by atoms with Gasteiger partial charge in [-0.1, -0.05) is 30.3 Å². The maximum Gasteiger partial charge on any atom is 0.407 e. The molecule has 2 rings (SSSR count). The summed E-state index contributed by atoms with van der Waals surface area (Å²) in [5.41, 5.74) is 1.22. The van der Waals surface area contributed by atoms with Crippen molar-refractivity contribution in [2.75, 3.05) is 6.54 Å². The van der Waals surface area contributed by atoms with E-state index in [0.717, 1.165) is 19.3 Å². The number of hydrogen-bond acceptors (Lipinski definition) is 1. The van der Waals surface area contributed by atoms with Crippen molar-refractivity contribution in [2.24, 2.45) is 0 Å². The van der Waals surface area contributed by atoms with Gasteiger partial charge in [-0.25, -0.2) is 4.79 Å². The second-order valence-corrected chi connectivity index (χ2v) is 3.96. The molecule has 1 amide bonds. The Labute approximate surface area is 89.3 Å². The highest BCUT2D eigenvalue weighted by Gasteiger charge is 2.28. The van der Waals surface area contributed by atoms with Crippen molar-refractivity contribution < 1.29 is 9.90 Å². The van der Waals surface area contributed by atoms with Gasteiger partial charge in [-0.15, -0.1) is 0 Å². The van der Waals surface area contributed by atoms with Gasteiger partial charge in [-0.05, 0) is 24.8 Å². The molecule has 0 bridgehead atoms. The number of benzene rings is 1. The third-order valence-electron chi connectivity index (χ3n) is 2.94. The summed E-state index contributed by atoms with van der Waals surface area (Å²) in [6.07, 6.45) is 2.03. The maximum atomic E-state index is 10.9. The Morgan fingerprint density at radius 2 is 2.13 bits per heavy atom. The lowest BCUT2D eigenvalue weighted by Crippen LogP contribution is -2.35. The van der Waals surface area contributed by atoms with Gasteiger partial charge < -0.3 is 10.0 Å². The molecule has 1 fully saturated rings. The van der Waals surface area contributed by atoms with E-state index in [9.17, 15) is 4.79 Å². The van der Waals surface area contributed by atoms with Crippen molar-refractivity contribution in [3.8, 4) is 0 Å². The molecule has 1 unspecified atom stereocenters. The molecule has 1 heterocycles. The number of likely N-dealkylation sites (tertiary alicyclic amines) is 1. The highest BCUT2D eigenvalue weighted by molar-refractivity contribution is 5.65. The van der Waals surface area contributed by atoms with E-state index in [1.165, 1.54) is 5.56 Å². The molecule has 1 aliphatic rings. The Kier molecular flexibility index (Phi) is 2.90. The smallest absolute Gasteiger partial charge is 0.407 e. The van der Waals surface area contributed by atoms with E-state index in [-0.39, 0.29) is 6.04 Å². The fourth-order valence-electron chi connectivity index (χ4n) is 2.19. The van der Waals surface area contributed by atoms with Crippen LogP contribution in [-0.2, 0) is 6.42 Å². The number of rotatable bonds is 2. The Morgan fingerprint density at radius 3 is 2.80 bits per heavy atom. The SMILES string of the molecule is O=C(O)N1CCCC1Cc1ccccc1. The highest BCUT2D eigenvalue weighted by Crippen LogP contribution is 2.20. The first-order chi connectivity index (χ1) is 7.27. The molecule has 0 aliphatic carbocycles. The van der Waals surface area contributed by atoms with Crippen LogP contribution in [0.25, 0.3) is 0 Å². The van der Waals surface area contributed by atoms with Crippen LogP contribution in [0.15, 0.2) is 30.3 Å². The molecule has 1 saturated heterocycles. The molecule has 0 saturated carbocycles. The Bertz CT molecular complexity index is 337. The first-order valence-electron chi connectivity index (χ1n) is 5.31. The lowest BCUT2D eigenvalue weighted by molar-refractivity contribution is 0.140. The van der Waals surface area contributed by atoms with E-state index in [1.807, 2.05) is 18.2 Å².